The number of benzene rings is 1. The summed E-state index contributed by atoms with van der Waals surface area (Å²) in [6, 6.07) is 7.39. The maximum atomic E-state index is 10.3. The number of nitrogens with zero attached hydrogens (tertiary/aromatic N) is 2. The van der Waals surface area contributed by atoms with E-state index >= 15 is 0 Å². The molecule has 0 saturated carbocycles. The molecule has 88 valence electrons. The highest BCUT2D eigenvalue weighted by Crippen LogP contribution is 2.18. The van der Waals surface area contributed by atoms with Gasteiger partial charge in [-0.25, -0.2) is 0 Å². The first-order valence-electron chi connectivity index (χ1n) is 5.92. The first-order chi connectivity index (χ1) is 7.77. The second-order valence-electron chi connectivity index (χ2n) is 4.09. The van der Waals surface area contributed by atoms with Crippen molar-refractivity contribution in [2.45, 2.75) is 32.6 Å². The zero-order valence-corrected chi connectivity index (χ0v) is 10.1. The lowest BCUT2D eigenvalue weighted by Crippen LogP contribution is -2.18. The predicted molar refractivity (Wildman–Crippen MR) is 69.3 cm³/mol. The van der Waals surface area contributed by atoms with E-state index in [1.807, 2.05) is 12.1 Å². The van der Waals surface area contributed by atoms with Crippen molar-refractivity contribution < 1.29 is 0 Å². The van der Waals surface area contributed by atoms with E-state index in [0.717, 1.165) is 12.2 Å². The molecule has 1 aromatic rings. The molecule has 1 rings (SSSR count). The fourth-order valence-corrected chi connectivity index (χ4v) is 1.67. The Bertz CT molecular complexity index is 308. The Labute approximate surface area is 97.4 Å². The van der Waals surface area contributed by atoms with Crippen LogP contribution >= 0.6 is 0 Å². The molecule has 0 aliphatic rings. The molecule has 3 heteroatoms. The third-order valence-corrected chi connectivity index (χ3v) is 2.74. The summed E-state index contributed by atoms with van der Waals surface area (Å²) in [5.41, 5.74) is 1.63. The van der Waals surface area contributed by atoms with Crippen molar-refractivity contribution in [2.24, 2.45) is 5.18 Å². The summed E-state index contributed by atoms with van der Waals surface area (Å²) in [5.74, 6) is 0. The summed E-state index contributed by atoms with van der Waals surface area (Å²) in [4.78, 5) is 12.5. The van der Waals surface area contributed by atoms with Gasteiger partial charge < -0.3 is 4.90 Å². The van der Waals surface area contributed by atoms with Crippen LogP contribution in [0.15, 0.2) is 29.4 Å². The maximum absolute atomic E-state index is 10.3. The van der Waals surface area contributed by atoms with Gasteiger partial charge in [0.05, 0.1) is 0 Å². The fourth-order valence-electron chi connectivity index (χ4n) is 1.67. The van der Waals surface area contributed by atoms with Crippen LogP contribution in [-0.4, -0.2) is 13.6 Å². The monoisotopic (exact) mass is 220 g/mol. The molecule has 0 atom stereocenters. The summed E-state index contributed by atoms with van der Waals surface area (Å²) in [7, 11) is 2.08. The van der Waals surface area contributed by atoms with Gasteiger partial charge in [0.2, 0.25) is 0 Å². The lowest BCUT2D eigenvalue weighted by Gasteiger charge is -2.19. The van der Waals surface area contributed by atoms with E-state index in [4.69, 9.17) is 0 Å². The molecule has 0 amide bonds. The van der Waals surface area contributed by atoms with Crippen LogP contribution in [0.5, 0.6) is 0 Å². The Morgan fingerprint density at radius 1 is 1.12 bits per heavy atom. The Morgan fingerprint density at radius 3 is 2.38 bits per heavy atom. The van der Waals surface area contributed by atoms with E-state index in [1.54, 1.807) is 12.1 Å². The average molecular weight is 220 g/mol. The maximum Gasteiger partial charge on any atom is 0.108 e. The van der Waals surface area contributed by atoms with Crippen LogP contribution < -0.4 is 4.90 Å². The second-order valence-corrected chi connectivity index (χ2v) is 4.09. The van der Waals surface area contributed by atoms with Crippen LogP contribution in [0.4, 0.5) is 11.4 Å². The number of anilines is 1. The van der Waals surface area contributed by atoms with Crippen molar-refractivity contribution >= 4 is 11.4 Å². The summed E-state index contributed by atoms with van der Waals surface area (Å²) in [6.07, 6.45) is 5.08. The van der Waals surface area contributed by atoms with Crippen LogP contribution in [0.2, 0.25) is 0 Å². The van der Waals surface area contributed by atoms with Gasteiger partial charge >= 0.3 is 0 Å². The molecule has 0 aliphatic carbocycles. The van der Waals surface area contributed by atoms with Crippen molar-refractivity contribution in [3.63, 3.8) is 0 Å². The largest absolute Gasteiger partial charge is 0.375 e. The number of rotatable bonds is 7. The molecule has 0 aliphatic heterocycles. The van der Waals surface area contributed by atoms with Crippen molar-refractivity contribution in [2.75, 3.05) is 18.5 Å². The average Bonchev–Trinajstić information content (AvgIpc) is 2.34. The molecule has 0 radical (unpaired) electrons. The van der Waals surface area contributed by atoms with E-state index < -0.39 is 0 Å². The van der Waals surface area contributed by atoms with Crippen molar-refractivity contribution in [1.29, 1.82) is 0 Å². The van der Waals surface area contributed by atoms with Crippen LogP contribution in [0.1, 0.15) is 32.6 Å². The molecular formula is C13H20N2O. The molecule has 0 bridgehead atoms. The lowest BCUT2D eigenvalue weighted by atomic mass is 10.2. The van der Waals surface area contributed by atoms with Crippen LogP contribution in [0.25, 0.3) is 0 Å². The predicted octanol–water partition coefficient (Wildman–Crippen LogP) is 4.10. The van der Waals surface area contributed by atoms with Gasteiger partial charge in [0.25, 0.3) is 0 Å². The Balaban J connectivity index is 2.39. The highest BCUT2D eigenvalue weighted by Gasteiger charge is 2.00. The molecular weight excluding hydrogens is 200 g/mol. The number of hydrogen-bond acceptors (Lipinski definition) is 3. The number of hydrogen-bond donors (Lipinski definition) is 0. The zero-order valence-electron chi connectivity index (χ0n) is 10.1. The van der Waals surface area contributed by atoms with Gasteiger partial charge in [-0.1, -0.05) is 26.2 Å². The third-order valence-electron chi connectivity index (χ3n) is 2.74. The molecule has 0 unspecified atom stereocenters. The normalized spacial score (nSPS) is 10.1. The lowest BCUT2D eigenvalue weighted by molar-refractivity contribution is 0.661. The number of unbranched alkanes of at least 4 members (excludes halogenated alkanes) is 3. The first-order valence-corrected chi connectivity index (χ1v) is 5.92. The fraction of sp³-hybridized carbons (Fsp3) is 0.538. The van der Waals surface area contributed by atoms with E-state index in [-0.39, 0.29) is 0 Å². The molecule has 0 fully saturated rings. The molecule has 16 heavy (non-hydrogen) atoms. The minimum Gasteiger partial charge on any atom is -0.375 e. The van der Waals surface area contributed by atoms with Crippen molar-refractivity contribution in [1.82, 2.24) is 0 Å². The topological polar surface area (TPSA) is 32.7 Å². The highest BCUT2D eigenvalue weighted by molar-refractivity contribution is 5.52. The van der Waals surface area contributed by atoms with Crippen LogP contribution in [0, 0.1) is 4.91 Å². The summed E-state index contributed by atoms with van der Waals surface area (Å²) < 4.78 is 0. The quantitative estimate of drug-likeness (QED) is 0.512. The smallest absolute Gasteiger partial charge is 0.108 e. The number of nitroso groups, excluding NO2 is 1. The summed E-state index contributed by atoms with van der Waals surface area (Å²) >= 11 is 0. The molecule has 0 saturated heterocycles. The molecule has 0 spiro atoms. The first kappa shape index (κ1) is 12.7. The van der Waals surface area contributed by atoms with Gasteiger partial charge in [0.1, 0.15) is 5.69 Å². The summed E-state index contributed by atoms with van der Waals surface area (Å²) in [5, 5.41) is 2.89. The van der Waals surface area contributed by atoms with E-state index in [2.05, 4.69) is 24.0 Å². The second kappa shape index (κ2) is 6.99. The highest BCUT2D eigenvalue weighted by atomic mass is 16.3. The zero-order chi connectivity index (χ0) is 11.8. The Kier molecular flexibility index (Phi) is 5.54. The van der Waals surface area contributed by atoms with Gasteiger partial charge in [0.15, 0.2) is 0 Å². The standard InChI is InChI=1S/C13H20N2O/c1-3-4-5-6-11-15(2)13-9-7-12(14-16)8-10-13/h7-10H,3-6,11H2,1-2H3. The summed E-state index contributed by atoms with van der Waals surface area (Å²) in [6.45, 7) is 3.28. The molecule has 0 heterocycles. The molecule has 3 nitrogen and oxygen atoms in total. The van der Waals surface area contributed by atoms with Gasteiger partial charge in [-0.15, -0.1) is 4.91 Å². The molecule has 1 aromatic carbocycles. The van der Waals surface area contributed by atoms with Gasteiger partial charge in [-0.05, 0) is 35.9 Å². The van der Waals surface area contributed by atoms with E-state index in [1.165, 1.54) is 25.7 Å². The van der Waals surface area contributed by atoms with E-state index in [0.29, 0.717) is 5.69 Å². The Hall–Kier alpha value is -1.38. The van der Waals surface area contributed by atoms with Gasteiger partial charge in [0, 0.05) is 19.3 Å². The SMILES string of the molecule is CCCCCCN(C)c1ccc(N=O)cc1. The van der Waals surface area contributed by atoms with E-state index in [9.17, 15) is 4.91 Å². The van der Waals surface area contributed by atoms with Gasteiger partial charge in [-0.3, -0.25) is 0 Å². The van der Waals surface area contributed by atoms with Crippen molar-refractivity contribution in [3.8, 4) is 0 Å². The third kappa shape index (κ3) is 4.01. The molecule has 0 N–H and O–H groups in total. The van der Waals surface area contributed by atoms with Crippen molar-refractivity contribution in [3.05, 3.63) is 29.2 Å². The van der Waals surface area contributed by atoms with Crippen LogP contribution in [-0.2, 0) is 0 Å². The minimum absolute atomic E-state index is 0.489. The minimum atomic E-state index is 0.489. The van der Waals surface area contributed by atoms with Gasteiger partial charge in [-0.2, -0.15) is 0 Å². The Morgan fingerprint density at radius 2 is 1.81 bits per heavy atom. The van der Waals surface area contributed by atoms with Crippen LogP contribution in [0.3, 0.4) is 0 Å². The molecule has 0 aromatic heterocycles.